The van der Waals surface area contributed by atoms with Crippen molar-refractivity contribution in [1.29, 1.82) is 0 Å². The van der Waals surface area contributed by atoms with Crippen LogP contribution in [-0.2, 0) is 11.2 Å². The van der Waals surface area contributed by atoms with Crippen molar-refractivity contribution >= 4 is 21.9 Å². The molecule has 0 fully saturated rings. The third-order valence-corrected chi connectivity index (χ3v) is 3.77. The molecule has 0 bridgehead atoms. The Morgan fingerprint density at radius 1 is 1.15 bits per heavy atom. The standard InChI is InChI=1S/C16H15BrO3/c1-20-9-8-11-2-4-12(5-3-11)13-6-7-15(17)14(10-13)16(18)19/h2-7,10H,8-9H2,1H3,(H,18,19). The van der Waals surface area contributed by atoms with Gasteiger partial charge < -0.3 is 9.84 Å². The Hall–Kier alpha value is -1.65. The zero-order valence-electron chi connectivity index (χ0n) is 11.1. The Labute approximate surface area is 126 Å². The van der Waals surface area contributed by atoms with Crippen LogP contribution in [0.25, 0.3) is 11.1 Å². The molecule has 0 amide bonds. The largest absolute Gasteiger partial charge is 0.478 e. The highest BCUT2D eigenvalue weighted by Gasteiger charge is 2.09. The van der Waals surface area contributed by atoms with E-state index in [-0.39, 0.29) is 5.56 Å². The number of carbonyl (C=O) groups is 1. The lowest BCUT2D eigenvalue weighted by Crippen LogP contribution is -1.98. The van der Waals surface area contributed by atoms with E-state index in [1.165, 1.54) is 5.56 Å². The van der Waals surface area contributed by atoms with Gasteiger partial charge in [-0.3, -0.25) is 0 Å². The Morgan fingerprint density at radius 3 is 2.40 bits per heavy atom. The summed E-state index contributed by atoms with van der Waals surface area (Å²) in [6.07, 6.45) is 0.873. The minimum Gasteiger partial charge on any atom is -0.478 e. The first-order chi connectivity index (χ1) is 9.61. The third-order valence-electron chi connectivity index (χ3n) is 3.08. The number of ether oxygens (including phenoxy) is 1. The van der Waals surface area contributed by atoms with Crippen LogP contribution in [0.2, 0.25) is 0 Å². The summed E-state index contributed by atoms with van der Waals surface area (Å²) < 4.78 is 5.63. The van der Waals surface area contributed by atoms with Gasteiger partial charge in [0.1, 0.15) is 0 Å². The molecule has 3 nitrogen and oxygen atoms in total. The predicted molar refractivity (Wildman–Crippen MR) is 82.1 cm³/mol. The Morgan fingerprint density at radius 2 is 1.80 bits per heavy atom. The van der Waals surface area contributed by atoms with Gasteiger partial charge in [0.05, 0.1) is 12.2 Å². The summed E-state index contributed by atoms with van der Waals surface area (Å²) in [5.74, 6) is -0.935. The molecule has 0 atom stereocenters. The van der Waals surface area contributed by atoms with Crippen LogP contribution in [0.5, 0.6) is 0 Å². The van der Waals surface area contributed by atoms with E-state index in [9.17, 15) is 4.79 Å². The SMILES string of the molecule is COCCc1ccc(-c2ccc(Br)c(C(=O)O)c2)cc1. The van der Waals surface area contributed by atoms with Crippen molar-refractivity contribution in [3.63, 3.8) is 0 Å². The number of carboxylic acids is 1. The van der Waals surface area contributed by atoms with Gasteiger partial charge in [0.25, 0.3) is 0 Å². The first kappa shape index (κ1) is 14.8. The Kier molecular flexibility index (Phi) is 4.93. The van der Waals surface area contributed by atoms with Crippen molar-refractivity contribution in [2.75, 3.05) is 13.7 Å². The number of hydrogen-bond acceptors (Lipinski definition) is 2. The molecule has 2 aromatic carbocycles. The molecule has 1 N–H and O–H groups in total. The smallest absolute Gasteiger partial charge is 0.336 e. The zero-order chi connectivity index (χ0) is 14.5. The van der Waals surface area contributed by atoms with Crippen LogP contribution in [0.1, 0.15) is 15.9 Å². The maximum absolute atomic E-state index is 11.1. The average Bonchev–Trinajstić information content (AvgIpc) is 2.46. The normalized spacial score (nSPS) is 10.5. The highest BCUT2D eigenvalue weighted by atomic mass is 79.9. The quantitative estimate of drug-likeness (QED) is 0.898. The van der Waals surface area contributed by atoms with Crippen molar-refractivity contribution in [1.82, 2.24) is 0 Å². The van der Waals surface area contributed by atoms with Crippen molar-refractivity contribution in [2.45, 2.75) is 6.42 Å². The second-order valence-corrected chi connectivity index (χ2v) is 5.29. The third kappa shape index (κ3) is 3.46. The minimum atomic E-state index is -0.935. The highest BCUT2D eigenvalue weighted by Crippen LogP contribution is 2.26. The summed E-state index contributed by atoms with van der Waals surface area (Å²) in [6, 6.07) is 13.4. The lowest BCUT2D eigenvalue weighted by atomic mass is 10.0. The molecule has 0 aromatic heterocycles. The second kappa shape index (κ2) is 6.68. The van der Waals surface area contributed by atoms with E-state index < -0.39 is 5.97 Å². The fraction of sp³-hybridized carbons (Fsp3) is 0.188. The van der Waals surface area contributed by atoms with Crippen molar-refractivity contribution in [3.8, 4) is 11.1 Å². The monoisotopic (exact) mass is 334 g/mol. The molecule has 0 radical (unpaired) electrons. The number of rotatable bonds is 5. The Balaban J connectivity index is 2.27. The van der Waals surface area contributed by atoms with E-state index in [0.717, 1.165) is 17.5 Å². The van der Waals surface area contributed by atoms with Crippen LogP contribution < -0.4 is 0 Å². The van der Waals surface area contributed by atoms with Crippen LogP contribution in [0.3, 0.4) is 0 Å². The molecule has 0 saturated carbocycles. The number of halogens is 1. The number of methoxy groups -OCH3 is 1. The van der Waals surface area contributed by atoms with Gasteiger partial charge in [-0.2, -0.15) is 0 Å². The summed E-state index contributed by atoms with van der Waals surface area (Å²) in [5, 5.41) is 9.13. The number of benzene rings is 2. The summed E-state index contributed by atoms with van der Waals surface area (Å²) in [7, 11) is 1.68. The molecule has 0 heterocycles. The lowest BCUT2D eigenvalue weighted by molar-refractivity contribution is 0.0696. The van der Waals surface area contributed by atoms with Gasteiger partial charge in [-0.1, -0.05) is 30.3 Å². The molecule has 104 valence electrons. The summed E-state index contributed by atoms with van der Waals surface area (Å²) in [4.78, 5) is 11.1. The second-order valence-electron chi connectivity index (χ2n) is 4.44. The maximum Gasteiger partial charge on any atom is 0.336 e. The van der Waals surface area contributed by atoms with E-state index in [4.69, 9.17) is 9.84 Å². The van der Waals surface area contributed by atoms with E-state index in [2.05, 4.69) is 15.9 Å². The van der Waals surface area contributed by atoms with Gasteiger partial charge in [0, 0.05) is 11.6 Å². The Bertz CT molecular complexity index is 606. The number of aromatic carboxylic acids is 1. The molecule has 0 aliphatic heterocycles. The van der Waals surface area contributed by atoms with Gasteiger partial charge in [-0.05, 0) is 51.2 Å². The number of carboxylic acid groups (broad SMARTS) is 1. The highest BCUT2D eigenvalue weighted by molar-refractivity contribution is 9.10. The molecule has 0 spiro atoms. The number of hydrogen-bond donors (Lipinski definition) is 1. The molecule has 0 aliphatic carbocycles. The van der Waals surface area contributed by atoms with Gasteiger partial charge in [-0.15, -0.1) is 0 Å². The maximum atomic E-state index is 11.1. The van der Waals surface area contributed by atoms with E-state index in [0.29, 0.717) is 11.1 Å². The fourth-order valence-electron chi connectivity index (χ4n) is 1.95. The molecule has 2 aromatic rings. The molecule has 2 rings (SSSR count). The molecule has 20 heavy (non-hydrogen) atoms. The summed E-state index contributed by atoms with van der Waals surface area (Å²) >= 11 is 3.25. The van der Waals surface area contributed by atoms with Crippen LogP contribution >= 0.6 is 15.9 Å². The van der Waals surface area contributed by atoms with Crippen LogP contribution in [0.15, 0.2) is 46.9 Å². The molecular weight excluding hydrogens is 320 g/mol. The van der Waals surface area contributed by atoms with E-state index in [1.54, 1.807) is 19.2 Å². The molecular formula is C16H15BrO3. The van der Waals surface area contributed by atoms with Crippen LogP contribution in [0.4, 0.5) is 0 Å². The van der Waals surface area contributed by atoms with Gasteiger partial charge in [-0.25, -0.2) is 4.79 Å². The summed E-state index contributed by atoms with van der Waals surface area (Å²) in [6.45, 7) is 0.695. The van der Waals surface area contributed by atoms with Crippen LogP contribution in [-0.4, -0.2) is 24.8 Å². The summed E-state index contributed by atoms with van der Waals surface area (Å²) in [5.41, 5.74) is 3.36. The average molecular weight is 335 g/mol. The van der Waals surface area contributed by atoms with Crippen molar-refractivity contribution < 1.29 is 14.6 Å². The minimum absolute atomic E-state index is 0.269. The topological polar surface area (TPSA) is 46.5 Å². The molecule has 0 unspecified atom stereocenters. The van der Waals surface area contributed by atoms with E-state index in [1.807, 2.05) is 30.3 Å². The van der Waals surface area contributed by atoms with Crippen molar-refractivity contribution in [2.24, 2.45) is 0 Å². The van der Waals surface area contributed by atoms with Gasteiger partial charge in [0.15, 0.2) is 0 Å². The van der Waals surface area contributed by atoms with Crippen LogP contribution in [0, 0.1) is 0 Å². The fourth-order valence-corrected chi connectivity index (χ4v) is 2.37. The molecule has 4 heteroatoms. The first-order valence-corrected chi connectivity index (χ1v) is 7.02. The van der Waals surface area contributed by atoms with Gasteiger partial charge in [0.2, 0.25) is 0 Å². The first-order valence-electron chi connectivity index (χ1n) is 6.23. The van der Waals surface area contributed by atoms with Crippen molar-refractivity contribution in [3.05, 3.63) is 58.1 Å². The predicted octanol–water partition coefficient (Wildman–Crippen LogP) is 4.00. The molecule has 0 saturated heterocycles. The zero-order valence-corrected chi connectivity index (χ0v) is 12.7. The lowest BCUT2D eigenvalue weighted by Gasteiger charge is -2.06. The van der Waals surface area contributed by atoms with Gasteiger partial charge >= 0.3 is 5.97 Å². The molecule has 0 aliphatic rings. The van der Waals surface area contributed by atoms with E-state index >= 15 is 0 Å².